The molecule has 0 bridgehead atoms. The summed E-state index contributed by atoms with van der Waals surface area (Å²) in [4.78, 5) is 23.6. The number of nitrogens with one attached hydrogen (secondary N) is 1. The van der Waals surface area contributed by atoms with Crippen LogP contribution in [0, 0.1) is 17.1 Å². The first-order valence-electron chi connectivity index (χ1n) is 6.84. The molecule has 1 N–H and O–H groups in total. The van der Waals surface area contributed by atoms with E-state index in [2.05, 4.69) is 5.32 Å². The van der Waals surface area contributed by atoms with Gasteiger partial charge in [0.2, 0.25) is 0 Å². The molecule has 1 amide bonds. The molecule has 0 aliphatic rings. The monoisotopic (exact) mass is 328 g/mol. The Morgan fingerprint density at radius 3 is 2.67 bits per heavy atom. The minimum atomic E-state index is -0.973. The van der Waals surface area contributed by atoms with Crippen LogP contribution < -0.4 is 10.1 Å². The molecule has 0 fully saturated rings. The minimum absolute atomic E-state index is 0.259. The lowest BCUT2D eigenvalue weighted by atomic mass is 10.2. The Labute approximate surface area is 137 Å². The average Bonchev–Trinajstić information content (AvgIpc) is 2.60. The molecule has 7 heteroatoms. The second-order valence-electron chi connectivity index (χ2n) is 4.63. The first-order valence-corrected chi connectivity index (χ1v) is 6.84. The van der Waals surface area contributed by atoms with E-state index in [-0.39, 0.29) is 16.9 Å². The van der Waals surface area contributed by atoms with Crippen molar-refractivity contribution < 1.29 is 23.5 Å². The Kier molecular flexibility index (Phi) is 5.47. The summed E-state index contributed by atoms with van der Waals surface area (Å²) < 4.78 is 23.3. The number of hydrogen-bond acceptors (Lipinski definition) is 5. The summed E-state index contributed by atoms with van der Waals surface area (Å²) in [6.45, 7) is -0.607. The largest absolute Gasteiger partial charge is 0.497 e. The van der Waals surface area contributed by atoms with Crippen LogP contribution in [0.1, 0.15) is 15.9 Å². The number of anilines is 1. The van der Waals surface area contributed by atoms with Gasteiger partial charge >= 0.3 is 5.97 Å². The maximum absolute atomic E-state index is 13.7. The van der Waals surface area contributed by atoms with E-state index in [1.165, 1.54) is 25.3 Å². The van der Waals surface area contributed by atoms with Gasteiger partial charge in [0.25, 0.3) is 5.91 Å². The van der Waals surface area contributed by atoms with Crippen LogP contribution in [-0.4, -0.2) is 25.6 Å². The van der Waals surface area contributed by atoms with Crippen LogP contribution in [0.2, 0.25) is 0 Å². The predicted octanol–water partition coefficient (Wildman–Crippen LogP) is 2.50. The summed E-state index contributed by atoms with van der Waals surface area (Å²) in [5.41, 5.74) is 0.274. The van der Waals surface area contributed by atoms with Gasteiger partial charge in [-0.2, -0.15) is 5.26 Å². The number of amides is 1. The molecular weight excluding hydrogens is 315 g/mol. The van der Waals surface area contributed by atoms with Gasteiger partial charge in [0, 0.05) is 6.07 Å². The number of ether oxygens (including phenoxy) is 2. The van der Waals surface area contributed by atoms with Crippen LogP contribution in [0.4, 0.5) is 10.1 Å². The van der Waals surface area contributed by atoms with Gasteiger partial charge in [-0.15, -0.1) is 0 Å². The van der Waals surface area contributed by atoms with Crippen LogP contribution in [0.5, 0.6) is 5.75 Å². The van der Waals surface area contributed by atoms with Gasteiger partial charge in [-0.3, -0.25) is 4.79 Å². The molecule has 0 atom stereocenters. The maximum atomic E-state index is 13.7. The predicted molar refractivity (Wildman–Crippen MR) is 83.0 cm³/mol. The Bertz CT molecular complexity index is 814. The third kappa shape index (κ3) is 4.08. The van der Waals surface area contributed by atoms with Gasteiger partial charge in [-0.25, -0.2) is 9.18 Å². The van der Waals surface area contributed by atoms with Crippen LogP contribution in [-0.2, 0) is 9.53 Å². The highest BCUT2D eigenvalue weighted by atomic mass is 19.1. The van der Waals surface area contributed by atoms with Gasteiger partial charge in [0.15, 0.2) is 6.61 Å². The van der Waals surface area contributed by atoms with Crippen molar-refractivity contribution in [1.82, 2.24) is 0 Å². The van der Waals surface area contributed by atoms with Crippen molar-refractivity contribution >= 4 is 17.6 Å². The van der Waals surface area contributed by atoms with Crippen LogP contribution in [0.3, 0.4) is 0 Å². The van der Waals surface area contributed by atoms with Gasteiger partial charge < -0.3 is 14.8 Å². The molecule has 0 aliphatic heterocycles. The number of nitriles is 1. The highest BCUT2D eigenvalue weighted by Crippen LogP contribution is 2.17. The van der Waals surface area contributed by atoms with Crippen molar-refractivity contribution in [2.75, 3.05) is 19.0 Å². The van der Waals surface area contributed by atoms with E-state index in [1.807, 2.05) is 6.07 Å². The highest BCUT2D eigenvalue weighted by Gasteiger charge is 2.16. The van der Waals surface area contributed by atoms with Crippen molar-refractivity contribution in [1.29, 1.82) is 5.26 Å². The van der Waals surface area contributed by atoms with E-state index in [0.29, 0.717) is 5.69 Å². The molecule has 0 aliphatic carbocycles. The number of esters is 1. The second kappa shape index (κ2) is 7.74. The van der Waals surface area contributed by atoms with Crippen LogP contribution in [0.25, 0.3) is 0 Å². The minimum Gasteiger partial charge on any atom is -0.497 e. The summed E-state index contributed by atoms with van der Waals surface area (Å²) in [5, 5.41) is 11.4. The summed E-state index contributed by atoms with van der Waals surface area (Å²) in [6.07, 6.45) is 0. The van der Waals surface area contributed by atoms with Gasteiger partial charge in [-0.05, 0) is 24.3 Å². The molecule has 122 valence electrons. The number of carbonyl (C=O) groups excluding carboxylic acids is 2. The molecule has 2 aromatic carbocycles. The normalized spacial score (nSPS) is 9.71. The fraction of sp³-hybridized carbons (Fsp3) is 0.118. The third-order valence-corrected chi connectivity index (χ3v) is 3.05. The van der Waals surface area contributed by atoms with E-state index in [9.17, 15) is 14.0 Å². The Morgan fingerprint density at radius 1 is 1.25 bits per heavy atom. The molecule has 6 nitrogen and oxygen atoms in total. The number of nitrogens with zero attached hydrogens (tertiary/aromatic N) is 1. The zero-order chi connectivity index (χ0) is 17.5. The molecule has 2 rings (SSSR count). The SMILES string of the molecule is COc1ccc(C(=O)OCC(=O)Nc2ccccc2C#N)c(F)c1. The van der Waals surface area contributed by atoms with Gasteiger partial charge in [0.1, 0.15) is 17.6 Å². The summed E-state index contributed by atoms with van der Waals surface area (Å²) in [5.74, 6) is -2.16. The fourth-order valence-electron chi connectivity index (χ4n) is 1.87. The van der Waals surface area contributed by atoms with Gasteiger partial charge in [-0.1, -0.05) is 12.1 Å². The second-order valence-corrected chi connectivity index (χ2v) is 4.63. The number of benzene rings is 2. The first-order chi connectivity index (χ1) is 11.5. The molecule has 2 aromatic rings. The van der Waals surface area contributed by atoms with Crippen LogP contribution >= 0.6 is 0 Å². The van der Waals surface area contributed by atoms with E-state index < -0.39 is 24.3 Å². The van der Waals surface area contributed by atoms with E-state index >= 15 is 0 Å². The van der Waals surface area contributed by atoms with Crippen LogP contribution in [0.15, 0.2) is 42.5 Å². The molecule has 0 saturated carbocycles. The van der Waals surface area contributed by atoms with Crippen molar-refractivity contribution in [3.8, 4) is 11.8 Å². The molecule has 0 unspecified atom stereocenters. The van der Waals surface area contributed by atoms with E-state index in [1.54, 1.807) is 18.2 Å². The van der Waals surface area contributed by atoms with Crippen molar-refractivity contribution in [3.05, 3.63) is 59.4 Å². The summed E-state index contributed by atoms with van der Waals surface area (Å²) in [6, 6.07) is 12.0. The van der Waals surface area contributed by atoms with Gasteiger partial charge in [0.05, 0.1) is 23.9 Å². The molecule has 24 heavy (non-hydrogen) atoms. The quantitative estimate of drug-likeness (QED) is 0.852. The van der Waals surface area contributed by atoms with E-state index in [0.717, 1.165) is 6.07 Å². The topological polar surface area (TPSA) is 88.4 Å². The number of halogens is 1. The number of hydrogen-bond donors (Lipinski definition) is 1. The molecule has 0 aromatic heterocycles. The van der Waals surface area contributed by atoms with E-state index in [4.69, 9.17) is 14.7 Å². The Balaban J connectivity index is 1.96. The highest BCUT2D eigenvalue weighted by molar-refractivity contribution is 5.96. The summed E-state index contributed by atoms with van der Waals surface area (Å²) >= 11 is 0. The molecule has 0 radical (unpaired) electrons. The lowest BCUT2D eigenvalue weighted by molar-refractivity contribution is -0.119. The summed E-state index contributed by atoms with van der Waals surface area (Å²) in [7, 11) is 1.37. The Morgan fingerprint density at radius 2 is 2.00 bits per heavy atom. The van der Waals surface area contributed by atoms with Crippen molar-refractivity contribution in [2.24, 2.45) is 0 Å². The zero-order valence-corrected chi connectivity index (χ0v) is 12.7. The first kappa shape index (κ1) is 17.0. The van der Waals surface area contributed by atoms with Crippen molar-refractivity contribution in [2.45, 2.75) is 0 Å². The molecule has 0 heterocycles. The third-order valence-electron chi connectivity index (χ3n) is 3.05. The lowest BCUT2D eigenvalue weighted by Crippen LogP contribution is -2.21. The number of rotatable bonds is 5. The zero-order valence-electron chi connectivity index (χ0n) is 12.7. The standard InChI is InChI=1S/C17H13FN2O4/c1-23-12-6-7-13(14(18)8-12)17(22)24-10-16(21)20-15-5-3-2-4-11(15)9-19/h2-8H,10H2,1H3,(H,20,21). The molecule has 0 saturated heterocycles. The van der Waals surface area contributed by atoms with Crippen molar-refractivity contribution in [3.63, 3.8) is 0 Å². The number of methoxy groups -OCH3 is 1. The molecular formula is C17H13FN2O4. The maximum Gasteiger partial charge on any atom is 0.341 e. The Hall–Kier alpha value is -3.40. The number of para-hydroxylation sites is 1. The smallest absolute Gasteiger partial charge is 0.341 e. The average molecular weight is 328 g/mol. The fourth-order valence-corrected chi connectivity index (χ4v) is 1.87. The number of carbonyl (C=O) groups is 2. The lowest BCUT2D eigenvalue weighted by Gasteiger charge is -2.08. The molecule has 0 spiro atoms.